The molecule has 1 aromatic carbocycles. The molecule has 1 aromatic rings. The second-order valence-corrected chi connectivity index (χ2v) is 2.39. The van der Waals surface area contributed by atoms with Gasteiger partial charge in [-0.25, -0.2) is 4.39 Å². The number of phenolic OH excluding ortho intramolecular Hbond substituents is 1. The molecule has 0 saturated heterocycles. The van der Waals surface area contributed by atoms with Crippen LogP contribution < -0.4 is 0 Å². The van der Waals surface area contributed by atoms with Crippen LogP contribution in [0, 0.1) is 19.7 Å². The molecule has 0 radical (unpaired) electrons. The zero-order chi connectivity index (χ0) is 9.72. The predicted molar refractivity (Wildman–Crippen MR) is 48.9 cm³/mol. The summed E-state index contributed by atoms with van der Waals surface area (Å²) in [7, 11) is 0. The van der Waals surface area contributed by atoms with Gasteiger partial charge in [-0.3, -0.25) is 0 Å². The molecule has 0 aromatic heterocycles. The maximum absolute atomic E-state index is 12.5. The molecule has 2 heteroatoms. The van der Waals surface area contributed by atoms with Gasteiger partial charge in [-0.05, 0) is 37.1 Å². The van der Waals surface area contributed by atoms with Crippen LogP contribution in [-0.4, -0.2) is 5.11 Å². The maximum atomic E-state index is 12.5. The van der Waals surface area contributed by atoms with Crippen molar-refractivity contribution >= 4 is 0 Å². The van der Waals surface area contributed by atoms with Crippen molar-refractivity contribution in [1.82, 2.24) is 0 Å². The van der Waals surface area contributed by atoms with E-state index in [9.17, 15) is 4.39 Å². The van der Waals surface area contributed by atoms with Gasteiger partial charge in [0.1, 0.15) is 11.6 Å². The second-order valence-electron chi connectivity index (χ2n) is 2.39. The highest BCUT2D eigenvalue weighted by molar-refractivity contribution is 5.38. The van der Waals surface area contributed by atoms with Crippen LogP contribution in [0.4, 0.5) is 4.39 Å². The summed E-state index contributed by atoms with van der Waals surface area (Å²) < 4.78 is 12.5. The SMILES string of the molecule is CC.Cc1cc(F)cc(C)c1O. The lowest BCUT2D eigenvalue weighted by Gasteiger charge is -2.01. The van der Waals surface area contributed by atoms with Crippen molar-refractivity contribution in [3.05, 3.63) is 29.1 Å². The fraction of sp³-hybridized carbons (Fsp3) is 0.400. The van der Waals surface area contributed by atoms with Crippen molar-refractivity contribution in [1.29, 1.82) is 0 Å². The van der Waals surface area contributed by atoms with Crippen molar-refractivity contribution in [2.24, 2.45) is 0 Å². The van der Waals surface area contributed by atoms with Gasteiger partial charge in [0.25, 0.3) is 0 Å². The van der Waals surface area contributed by atoms with Gasteiger partial charge in [0.2, 0.25) is 0 Å². The average molecular weight is 170 g/mol. The first-order valence-corrected chi connectivity index (χ1v) is 4.07. The molecule has 0 aliphatic heterocycles. The van der Waals surface area contributed by atoms with Crippen LogP contribution in [0.5, 0.6) is 5.75 Å². The van der Waals surface area contributed by atoms with Crippen LogP contribution in [0.25, 0.3) is 0 Å². The van der Waals surface area contributed by atoms with Gasteiger partial charge in [0, 0.05) is 0 Å². The van der Waals surface area contributed by atoms with E-state index >= 15 is 0 Å². The number of hydrogen-bond acceptors (Lipinski definition) is 1. The highest BCUT2D eigenvalue weighted by Crippen LogP contribution is 2.21. The Morgan fingerprint density at radius 2 is 1.42 bits per heavy atom. The fourth-order valence-corrected chi connectivity index (χ4v) is 0.903. The number of halogens is 1. The van der Waals surface area contributed by atoms with Crippen LogP contribution in [-0.2, 0) is 0 Å². The first-order valence-electron chi connectivity index (χ1n) is 4.07. The highest BCUT2D eigenvalue weighted by atomic mass is 19.1. The number of aromatic hydroxyl groups is 1. The highest BCUT2D eigenvalue weighted by Gasteiger charge is 2.01. The Bertz CT molecular complexity index is 233. The normalized spacial score (nSPS) is 8.75. The number of aryl methyl sites for hydroxylation is 2. The average Bonchev–Trinajstić information content (AvgIpc) is 2.04. The molecule has 0 bridgehead atoms. The fourth-order valence-electron chi connectivity index (χ4n) is 0.903. The summed E-state index contributed by atoms with van der Waals surface area (Å²) in [6, 6.07) is 2.62. The van der Waals surface area contributed by atoms with Crippen molar-refractivity contribution in [2.75, 3.05) is 0 Å². The topological polar surface area (TPSA) is 20.2 Å². The molecule has 1 rings (SSSR count). The quantitative estimate of drug-likeness (QED) is 0.634. The molecule has 0 fully saturated rings. The van der Waals surface area contributed by atoms with Crippen LogP contribution >= 0.6 is 0 Å². The zero-order valence-electron chi connectivity index (χ0n) is 7.98. The minimum Gasteiger partial charge on any atom is -0.507 e. The van der Waals surface area contributed by atoms with Crippen LogP contribution in [0.15, 0.2) is 12.1 Å². The van der Waals surface area contributed by atoms with Crippen molar-refractivity contribution < 1.29 is 9.50 Å². The van der Waals surface area contributed by atoms with E-state index in [4.69, 9.17) is 5.11 Å². The molecule has 0 aliphatic carbocycles. The molecule has 0 spiro atoms. The van der Waals surface area contributed by atoms with E-state index in [1.165, 1.54) is 12.1 Å². The predicted octanol–water partition coefficient (Wildman–Crippen LogP) is 3.17. The van der Waals surface area contributed by atoms with E-state index in [0.29, 0.717) is 11.1 Å². The Kier molecular flexibility index (Phi) is 4.34. The molecule has 12 heavy (non-hydrogen) atoms. The number of phenols is 1. The Balaban J connectivity index is 0.000000561. The van der Waals surface area contributed by atoms with Crippen molar-refractivity contribution in [3.8, 4) is 5.75 Å². The van der Waals surface area contributed by atoms with E-state index in [-0.39, 0.29) is 11.6 Å². The van der Waals surface area contributed by atoms with Gasteiger partial charge in [-0.1, -0.05) is 13.8 Å². The Morgan fingerprint density at radius 1 is 1.08 bits per heavy atom. The molecule has 0 saturated carbocycles. The molecular weight excluding hydrogens is 155 g/mol. The first kappa shape index (κ1) is 11.0. The lowest BCUT2D eigenvalue weighted by atomic mass is 10.1. The third-order valence-corrected chi connectivity index (χ3v) is 1.46. The van der Waals surface area contributed by atoms with E-state index < -0.39 is 0 Å². The molecule has 0 heterocycles. The third kappa shape index (κ3) is 2.53. The standard InChI is InChI=1S/C8H9FO.C2H6/c1-5-3-7(9)4-6(2)8(5)10;1-2/h3-4,10H,1-2H3;1-2H3. The van der Waals surface area contributed by atoms with Gasteiger partial charge in [-0.15, -0.1) is 0 Å². The van der Waals surface area contributed by atoms with Gasteiger partial charge in [0.05, 0.1) is 0 Å². The summed E-state index contributed by atoms with van der Waals surface area (Å²) >= 11 is 0. The van der Waals surface area contributed by atoms with E-state index in [0.717, 1.165) is 0 Å². The van der Waals surface area contributed by atoms with Gasteiger partial charge >= 0.3 is 0 Å². The van der Waals surface area contributed by atoms with Crippen LogP contribution in [0.2, 0.25) is 0 Å². The summed E-state index contributed by atoms with van der Waals surface area (Å²) in [5.41, 5.74) is 1.16. The summed E-state index contributed by atoms with van der Waals surface area (Å²) in [5, 5.41) is 9.16. The van der Waals surface area contributed by atoms with Crippen LogP contribution in [0.1, 0.15) is 25.0 Å². The molecule has 0 amide bonds. The number of hydrogen-bond donors (Lipinski definition) is 1. The summed E-state index contributed by atoms with van der Waals surface area (Å²) in [4.78, 5) is 0. The van der Waals surface area contributed by atoms with Gasteiger partial charge in [-0.2, -0.15) is 0 Å². The number of rotatable bonds is 0. The molecule has 1 nitrogen and oxygen atoms in total. The minimum absolute atomic E-state index is 0.182. The minimum atomic E-state index is -0.298. The third-order valence-electron chi connectivity index (χ3n) is 1.46. The molecule has 0 unspecified atom stereocenters. The van der Waals surface area contributed by atoms with E-state index in [1.54, 1.807) is 13.8 Å². The van der Waals surface area contributed by atoms with Gasteiger partial charge in [0.15, 0.2) is 0 Å². The van der Waals surface area contributed by atoms with Crippen LogP contribution in [0.3, 0.4) is 0 Å². The zero-order valence-corrected chi connectivity index (χ0v) is 7.98. The van der Waals surface area contributed by atoms with Crippen molar-refractivity contribution in [3.63, 3.8) is 0 Å². The first-order chi connectivity index (χ1) is 5.61. The van der Waals surface area contributed by atoms with E-state index in [1.807, 2.05) is 13.8 Å². The molecule has 0 atom stereocenters. The summed E-state index contributed by atoms with van der Waals surface area (Å²) in [6.07, 6.45) is 0. The lowest BCUT2D eigenvalue weighted by molar-refractivity contribution is 0.464. The molecule has 1 N–H and O–H groups in total. The van der Waals surface area contributed by atoms with E-state index in [2.05, 4.69) is 0 Å². The largest absolute Gasteiger partial charge is 0.507 e. The lowest BCUT2D eigenvalue weighted by Crippen LogP contribution is -1.82. The summed E-state index contributed by atoms with van der Waals surface area (Å²) in [6.45, 7) is 7.34. The van der Waals surface area contributed by atoms with Gasteiger partial charge < -0.3 is 5.11 Å². The smallest absolute Gasteiger partial charge is 0.124 e. The monoisotopic (exact) mass is 170 g/mol. The molecule has 68 valence electrons. The Labute approximate surface area is 72.9 Å². The Hall–Kier alpha value is -1.05. The van der Waals surface area contributed by atoms with Crippen molar-refractivity contribution in [2.45, 2.75) is 27.7 Å². The molecular formula is C10H15FO. The number of benzene rings is 1. The second kappa shape index (κ2) is 4.75. The Morgan fingerprint density at radius 3 is 1.75 bits per heavy atom. The molecule has 0 aliphatic rings. The maximum Gasteiger partial charge on any atom is 0.124 e. The summed E-state index contributed by atoms with van der Waals surface area (Å²) in [5.74, 6) is -0.116.